The van der Waals surface area contributed by atoms with Crippen molar-refractivity contribution in [3.8, 4) is 0 Å². The molecule has 0 atom stereocenters. The van der Waals surface area contributed by atoms with Crippen molar-refractivity contribution in [3.05, 3.63) is 52.6 Å². The summed E-state index contributed by atoms with van der Waals surface area (Å²) in [5.74, 6) is -0.225. The van der Waals surface area contributed by atoms with E-state index in [1.54, 1.807) is 6.07 Å². The average molecular weight is 337 g/mol. The summed E-state index contributed by atoms with van der Waals surface area (Å²) in [4.78, 5) is 26.6. The first-order chi connectivity index (χ1) is 12.1. The van der Waals surface area contributed by atoms with Gasteiger partial charge < -0.3 is 16.0 Å². The van der Waals surface area contributed by atoms with Crippen LogP contribution < -0.4 is 16.0 Å². The molecule has 3 N–H and O–H groups in total. The number of fused-ring (bicyclic) bond motifs is 2. The fourth-order valence-electron chi connectivity index (χ4n) is 3.33. The SMILES string of the molecule is CCNc1cccc2c1C(=O)c1c(NCC)ccc(NCC)c1C2=O. The van der Waals surface area contributed by atoms with Gasteiger partial charge in [-0.05, 0) is 39.0 Å². The van der Waals surface area contributed by atoms with Crippen LogP contribution in [0.3, 0.4) is 0 Å². The minimum Gasteiger partial charge on any atom is -0.385 e. The molecule has 0 radical (unpaired) electrons. The summed E-state index contributed by atoms with van der Waals surface area (Å²) in [7, 11) is 0. The van der Waals surface area contributed by atoms with E-state index in [4.69, 9.17) is 0 Å². The van der Waals surface area contributed by atoms with E-state index in [-0.39, 0.29) is 11.6 Å². The van der Waals surface area contributed by atoms with Crippen LogP contribution in [0.5, 0.6) is 0 Å². The lowest BCUT2D eigenvalue weighted by molar-refractivity contribution is 0.0980. The molecule has 0 fully saturated rings. The van der Waals surface area contributed by atoms with Crippen molar-refractivity contribution in [2.75, 3.05) is 35.6 Å². The minimum absolute atomic E-state index is 0.111. The largest absolute Gasteiger partial charge is 0.385 e. The third kappa shape index (κ3) is 2.76. The van der Waals surface area contributed by atoms with Gasteiger partial charge in [-0.3, -0.25) is 9.59 Å². The van der Waals surface area contributed by atoms with E-state index in [0.29, 0.717) is 59.0 Å². The molecule has 2 aromatic carbocycles. The van der Waals surface area contributed by atoms with Crippen LogP contribution in [0.15, 0.2) is 30.3 Å². The van der Waals surface area contributed by atoms with Gasteiger partial charge >= 0.3 is 0 Å². The topological polar surface area (TPSA) is 70.2 Å². The normalized spacial score (nSPS) is 12.4. The summed E-state index contributed by atoms with van der Waals surface area (Å²) < 4.78 is 0. The quantitative estimate of drug-likeness (QED) is 0.639. The second kappa shape index (κ2) is 6.97. The Kier molecular flexibility index (Phi) is 4.74. The molecule has 0 aromatic heterocycles. The lowest BCUT2D eigenvalue weighted by atomic mass is 9.81. The van der Waals surface area contributed by atoms with Crippen molar-refractivity contribution < 1.29 is 9.59 Å². The van der Waals surface area contributed by atoms with Gasteiger partial charge in [0, 0.05) is 42.3 Å². The number of rotatable bonds is 6. The van der Waals surface area contributed by atoms with E-state index in [1.807, 2.05) is 45.0 Å². The Morgan fingerprint density at radius 3 is 1.64 bits per heavy atom. The zero-order chi connectivity index (χ0) is 18.0. The van der Waals surface area contributed by atoms with Crippen molar-refractivity contribution in [1.82, 2.24) is 0 Å². The fourth-order valence-corrected chi connectivity index (χ4v) is 3.33. The molecule has 5 heteroatoms. The second-order valence-corrected chi connectivity index (χ2v) is 5.89. The first-order valence-corrected chi connectivity index (χ1v) is 8.74. The van der Waals surface area contributed by atoms with E-state index >= 15 is 0 Å². The van der Waals surface area contributed by atoms with Crippen LogP contribution in [-0.4, -0.2) is 31.2 Å². The number of anilines is 3. The number of nitrogens with one attached hydrogen (secondary N) is 3. The lowest BCUT2D eigenvalue weighted by Gasteiger charge is -2.25. The monoisotopic (exact) mass is 337 g/mol. The number of carbonyl (C=O) groups is 2. The van der Waals surface area contributed by atoms with Crippen LogP contribution in [0, 0.1) is 0 Å². The van der Waals surface area contributed by atoms with Crippen molar-refractivity contribution in [1.29, 1.82) is 0 Å². The van der Waals surface area contributed by atoms with Gasteiger partial charge in [0.05, 0.1) is 16.7 Å². The van der Waals surface area contributed by atoms with Gasteiger partial charge in [-0.2, -0.15) is 0 Å². The molecule has 0 saturated carbocycles. The third-order valence-corrected chi connectivity index (χ3v) is 4.30. The van der Waals surface area contributed by atoms with Crippen molar-refractivity contribution in [3.63, 3.8) is 0 Å². The molecule has 5 nitrogen and oxygen atoms in total. The highest BCUT2D eigenvalue weighted by molar-refractivity contribution is 6.33. The summed E-state index contributed by atoms with van der Waals surface area (Å²) in [6.07, 6.45) is 0. The highest BCUT2D eigenvalue weighted by atomic mass is 16.1. The van der Waals surface area contributed by atoms with Gasteiger partial charge in [0.15, 0.2) is 11.6 Å². The Morgan fingerprint density at radius 2 is 1.12 bits per heavy atom. The molecule has 0 bridgehead atoms. The van der Waals surface area contributed by atoms with Gasteiger partial charge in [0.2, 0.25) is 0 Å². The van der Waals surface area contributed by atoms with Gasteiger partial charge in [0.1, 0.15) is 0 Å². The molecular formula is C20H23N3O2. The molecule has 0 saturated heterocycles. The van der Waals surface area contributed by atoms with E-state index < -0.39 is 0 Å². The number of benzene rings is 2. The summed E-state index contributed by atoms with van der Waals surface area (Å²) in [5, 5.41) is 9.63. The first kappa shape index (κ1) is 17.0. The molecule has 1 aliphatic rings. The molecule has 0 spiro atoms. The van der Waals surface area contributed by atoms with Crippen LogP contribution in [0.1, 0.15) is 52.6 Å². The van der Waals surface area contributed by atoms with Crippen LogP contribution in [0.2, 0.25) is 0 Å². The van der Waals surface area contributed by atoms with Crippen molar-refractivity contribution in [2.24, 2.45) is 0 Å². The average Bonchev–Trinajstić information content (AvgIpc) is 2.61. The molecule has 0 heterocycles. The molecule has 25 heavy (non-hydrogen) atoms. The summed E-state index contributed by atoms with van der Waals surface area (Å²) in [5.41, 5.74) is 3.97. The molecule has 1 aliphatic carbocycles. The highest BCUT2D eigenvalue weighted by Gasteiger charge is 2.35. The van der Waals surface area contributed by atoms with E-state index in [0.717, 1.165) is 0 Å². The third-order valence-electron chi connectivity index (χ3n) is 4.30. The predicted octanol–water partition coefficient (Wildman–Crippen LogP) is 3.76. The standard InChI is InChI=1S/C20H23N3O2/c1-4-21-13-9-7-8-12-16(13)20(25)18-15(23-6-3)11-10-14(22-5-2)17(18)19(12)24/h7-11,21-23H,4-6H2,1-3H3. The highest BCUT2D eigenvalue weighted by Crippen LogP contribution is 2.38. The molecule has 0 aliphatic heterocycles. The maximum atomic E-state index is 13.3. The number of ketones is 2. The van der Waals surface area contributed by atoms with Crippen LogP contribution in [-0.2, 0) is 0 Å². The summed E-state index contributed by atoms with van der Waals surface area (Å²) in [6.45, 7) is 7.95. The van der Waals surface area contributed by atoms with Gasteiger partial charge in [-0.1, -0.05) is 12.1 Å². The maximum absolute atomic E-state index is 13.3. The maximum Gasteiger partial charge on any atom is 0.198 e. The lowest BCUT2D eigenvalue weighted by Crippen LogP contribution is -2.25. The molecular weight excluding hydrogens is 314 g/mol. The van der Waals surface area contributed by atoms with Crippen LogP contribution in [0.25, 0.3) is 0 Å². The van der Waals surface area contributed by atoms with E-state index in [2.05, 4.69) is 16.0 Å². The zero-order valence-corrected chi connectivity index (χ0v) is 14.8. The Morgan fingerprint density at radius 1 is 0.640 bits per heavy atom. The Hall–Kier alpha value is -2.82. The molecule has 0 amide bonds. The molecule has 0 unspecified atom stereocenters. The second-order valence-electron chi connectivity index (χ2n) is 5.89. The smallest absolute Gasteiger partial charge is 0.198 e. The number of hydrogen-bond acceptors (Lipinski definition) is 5. The fraction of sp³-hybridized carbons (Fsp3) is 0.300. The van der Waals surface area contributed by atoms with Gasteiger partial charge in [0.25, 0.3) is 0 Å². The minimum atomic E-state index is -0.114. The Bertz CT molecular complexity index is 843. The predicted molar refractivity (Wildman–Crippen MR) is 102 cm³/mol. The van der Waals surface area contributed by atoms with E-state index in [1.165, 1.54) is 0 Å². The van der Waals surface area contributed by atoms with Crippen molar-refractivity contribution in [2.45, 2.75) is 20.8 Å². The zero-order valence-electron chi connectivity index (χ0n) is 14.8. The number of hydrogen-bond donors (Lipinski definition) is 3. The molecule has 3 rings (SSSR count). The number of carbonyl (C=O) groups excluding carboxylic acids is 2. The van der Waals surface area contributed by atoms with E-state index in [9.17, 15) is 9.59 Å². The summed E-state index contributed by atoms with van der Waals surface area (Å²) in [6, 6.07) is 9.12. The van der Waals surface area contributed by atoms with Gasteiger partial charge in [-0.25, -0.2) is 0 Å². The van der Waals surface area contributed by atoms with Crippen LogP contribution in [0.4, 0.5) is 17.1 Å². The molecule has 2 aromatic rings. The Labute approximate surface area is 147 Å². The van der Waals surface area contributed by atoms with Crippen LogP contribution >= 0.6 is 0 Å². The Balaban J connectivity index is 2.28. The summed E-state index contributed by atoms with van der Waals surface area (Å²) >= 11 is 0. The van der Waals surface area contributed by atoms with Gasteiger partial charge in [-0.15, -0.1) is 0 Å². The van der Waals surface area contributed by atoms with Crippen molar-refractivity contribution >= 4 is 28.6 Å². The first-order valence-electron chi connectivity index (χ1n) is 8.74. The molecule has 130 valence electrons.